The van der Waals surface area contributed by atoms with Gasteiger partial charge in [-0.2, -0.15) is 0 Å². The van der Waals surface area contributed by atoms with Crippen molar-refractivity contribution < 1.29 is 14.4 Å². The Kier molecular flexibility index (Phi) is 7.02. The summed E-state index contributed by atoms with van der Waals surface area (Å²) in [5.41, 5.74) is 1.39. The summed E-state index contributed by atoms with van der Waals surface area (Å²) in [6.45, 7) is 2.93. The topological polar surface area (TPSA) is 75.3 Å². The van der Waals surface area contributed by atoms with Crippen LogP contribution >= 0.6 is 34.8 Å². The molecule has 0 spiro atoms. The molecule has 8 heteroatoms. The number of halogens is 3. The molecule has 0 aliphatic heterocycles. The minimum absolute atomic E-state index is 0.0696. The van der Waals surface area contributed by atoms with Gasteiger partial charge in [0.2, 0.25) is 5.91 Å². The summed E-state index contributed by atoms with van der Waals surface area (Å²) in [4.78, 5) is 35.6. The van der Waals surface area contributed by atoms with E-state index in [1.807, 2.05) is 0 Å². The molecule has 27 heavy (non-hydrogen) atoms. The van der Waals surface area contributed by atoms with E-state index in [1.54, 1.807) is 24.3 Å². The molecule has 0 saturated heterocycles. The summed E-state index contributed by atoms with van der Waals surface area (Å²) >= 11 is 17.9. The van der Waals surface area contributed by atoms with E-state index in [9.17, 15) is 14.4 Å². The number of benzene rings is 2. The van der Waals surface area contributed by atoms with Crippen molar-refractivity contribution in [3.05, 3.63) is 68.7 Å². The number of ketones is 1. The number of carbonyl (C=O) groups is 3. The first kappa shape index (κ1) is 21.0. The Bertz CT molecular complexity index is 915. The van der Waals surface area contributed by atoms with E-state index in [4.69, 9.17) is 34.8 Å². The SMILES string of the molecule is CC(=O)c1ccc(NC(=O)/C=C(/C)C(=O)Nc2c(Cl)cc(Cl)cc2Cl)cc1. The fraction of sp³-hybridized carbons (Fsp3) is 0.105. The lowest BCUT2D eigenvalue weighted by atomic mass is 10.1. The van der Waals surface area contributed by atoms with E-state index in [-0.39, 0.29) is 27.1 Å². The van der Waals surface area contributed by atoms with Crippen molar-refractivity contribution in [2.45, 2.75) is 13.8 Å². The molecule has 0 heterocycles. The van der Waals surface area contributed by atoms with Gasteiger partial charge in [-0.15, -0.1) is 0 Å². The third-order valence-electron chi connectivity index (χ3n) is 3.51. The second-order valence-electron chi connectivity index (χ2n) is 5.65. The molecule has 5 nitrogen and oxygen atoms in total. The first-order valence-corrected chi connectivity index (χ1v) is 8.87. The van der Waals surface area contributed by atoms with Crippen molar-refractivity contribution >= 4 is 63.8 Å². The molecule has 0 radical (unpaired) electrons. The molecule has 2 N–H and O–H groups in total. The largest absolute Gasteiger partial charge is 0.323 e. The van der Waals surface area contributed by atoms with E-state index in [2.05, 4.69) is 10.6 Å². The van der Waals surface area contributed by atoms with Crippen LogP contribution in [0.3, 0.4) is 0 Å². The van der Waals surface area contributed by atoms with E-state index in [0.29, 0.717) is 16.3 Å². The fourth-order valence-corrected chi connectivity index (χ4v) is 3.01. The van der Waals surface area contributed by atoms with Gasteiger partial charge in [0.15, 0.2) is 5.78 Å². The molecule has 0 bridgehead atoms. The highest BCUT2D eigenvalue weighted by Crippen LogP contribution is 2.33. The Morgan fingerprint density at radius 3 is 1.96 bits per heavy atom. The molecule has 0 unspecified atom stereocenters. The Morgan fingerprint density at radius 2 is 1.44 bits per heavy atom. The molecule has 2 amide bonds. The van der Waals surface area contributed by atoms with Crippen LogP contribution in [0.5, 0.6) is 0 Å². The van der Waals surface area contributed by atoms with Gasteiger partial charge in [0.05, 0.1) is 15.7 Å². The third kappa shape index (κ3) is 5.82. The van der Waals surface area contributed by atoms with E-state index in [1.165, 1.54) is 26.0 Å². The smallest absolute Gasteiger partial charge is 0.251 e. The first-order valence-electron chi connectivity index (χ1n) is 7.73. The third-order valence-corrected chi connectivity index (χ3v) is 4.32. The van der Waals surface area contributed by atoms with Gasteiger partial charge in [0.1, 0.15) is 0 Å². The second kappa shape index (κ2) is 9.04. The van der Waals surface area contributed by atoms with Gasteiger partial charge in [-0.3, -0.25) is 14.4 Å². The maximum Gasteiger partial charge on any atom is 0.251 e. The molecule has 0 aliphatic carbocycles. The van der Waals surface area contributed by atoms with Gasteiger partial charge >= 0.3 is 0 Å². The number of anilines is 2. The van der Waals surface area contributed by atoms with E-state index in [0.717, 1.165) is 6.08 Å². The van der Waals surface area contributed by atoms with Crippen LogP contribution in [0.15, 0.2) is 48.0 Å². The maximum absolute atomic E-state index is 12.3. The molecule has 2 aromatic carbocycles. The monoisotopic (exact) mass is 424 g/mol. The second-order valence-corrected chi connectivity index (χ2v) is 6.90. The molecule has 0 aliphatic rings. The van der Waals surface area contributed by atoms with Gasteiger partial charge in [-0.25, -0.2) is 0 Å². The van der Waals surface area contributed by atoms with Crippen molar-refractivity contribution in [1.29, 1.82) is 0 Å². The Morgan fingerprint density at radius 1 is 0.889 bits per heavy atom. The van der Waals surface area contributed by atoms with Gasteiger partial charge < -0.3 is 10.6 Å². The maximum atomic E-state index is 12.3. The minimum Gasteiger partial charge on any atom is -0.323 e. The van der Waals surface area contributed by atoms with Crippen molar-refractivity contribution in [1.82, 2.24) is 0 Å². The highest BCUT2D eigenvalue weighted by atomic mass is 35.5. The number of hydrogen-bond acceptors (Lipinski definition) is 3. The summed E-state index contributed by atoms with van der Waals surface area (Å²) in [6.07, 6.45) is 1.14. The van der Waals surface area contributed by atoms with Crippen LogP contribution in [0.4, 0.5) is 11.4 Å². The van der Waals surface area contributed by atoms with Crippen molar-refractivity contribution in [3.8, 4) is 0 Å². The highest BCUT2D eigenvalue weighted by Gasteiger charge is 2.13. The molecule has 0 saturated carbocycles. The molecule has 2 aromatic rings. The van der Waals surface area contributed by atoms with Gasteiger partial charge in [0, 0.05) is 27.9 Å². The Labute approximate surface area is 171 Å². The van der Waals surface area contributed by atoms with E-state index >= 15 is 0 Å². The number of hydrogen-bond donors (Lipinski definition) is 2. The van der Waals surface area contributed by atoms with Crippen LogP contribution in [0.1, 0.15) is 24.2 Å². The number of amides is 2. The molecule has 0 aromatic heterocycles. The van der Waals surface area contributed by atoms with Gasteiger partial charge in [-0.05, 0) is 50.2 Å². The highest BCUT2D eigenvalue weighted by molar-refractivity contribution is 6.42. The van der Waals surface area contributed by atoms with Crippen LogP contribution in [0.25, 0.3) is 0 Å². The zero-order chi connectivity index (χ0) is 20.1. The van der Waals surface area contributed by atoms with Crippen LogP contribution < -0.4 is 10.6 Å². The average Bonchev–Trinajstić information content (AvgIpc) is 2.58. The molecule has 2 rings (SSSR count). The standard InChI is InChI=1S/C19H15Cl3N2O3/c1-10(19(27)24-18-15(21)8-13(20)9-16(18)22)7-17(26)23-14-5-3-12(4-6-14)11(2)25/h3-9H,1-2H3,(H,23,26)(H,24,27)/b10-7-. The van der Waals surface area contributed by atoms with Crippen LogP contribution in [-0.2, 0) is 9.59 Å². The van der Waals surface area contributed by atoms with Gasteiger partial charge in [0.25, 0.3) is 5.91 Å². The fourth-order valence-electron chi connectivity index (χ4n) is 2.10. The predicted octanol–water partition coefficient (Wildman–Crippen LogP) is 5.37. The summed E-state index contributed by atoms with van der Waals surface area (Å²) in [5, 5.41) is 5.87. The zero-order valence-corrected chi connectivity index (χ0v) is 16.7. The van der Waals surface area contributed by atoms with Crippen molar-refractivity contribution in [2.75, 3.05) is 10.6 Å². The lowest BCUT2D eigenvalue weighted by Gasteiger charge is -2.10. The normalized spacial score (nSPS) is 11.1. The van der Waals surface area contributed by atoms with Crippen LogP contribution in [-0.4, -0.2) is 17.6 Å². The van der Waals surface area contributed by atoms with E-state index < -0.39 is 11.8 Å². The Balaban J connectivity index is 2.06. The minimum atomic E-state index is -0.539. The first-order chi connectivity index (χ1) is 12.7. The summed E-state index contributed by atoms with van der Waals surface area (Å²) in [7, 11) is 0. The quantitative estimate of drug-likeness (QED) is 0.499. The lowest BCUT2D eigenvalue weighted by Crippen LogP contribution is -2.16. The molecule has 140 valence electrons. The molecular formula is C19H15Cl3N2O3. The number of Topliss-reactive ketones (excluding diaryl/α,β-unsaturated/α-hetero) is 1. The number of nitrogens with one attached hydrogen (secondary N) is 2. The average molecular weight is 426 g/mol. The Hall–Kier alpha value is -2.34. The lowest BCUT2D eigenvalue weighted by molar-refractivity contribution is -0.114. The van der Waals surface area contributed by atoms with Crippen molar-refractivity contribution in [3.63, 3.8) is 0 Å². The van der Waals surface area contributed by atoms with Gasteiger partial charge in [-0.1, -0.05) is 34.8 Å². The number of rotatable bonds is 5. The molecule has 0 atom stereocenters. The summed E-state index contributed by atoms with van der Waals surface area (Å²) < 4.78 is 0. The molecule has 0 fully saturated rings. The molecular weight excluding hydrogens is 411 g/mol. The van der Waals surface area contributed by atoms with Crippen LogP contribution in [0.2, 0.25) is 15.1 Å². The predicted molar refractivity (Wildman–Crippen MR) is 109 cm³/mol. The van der Waals surface area contributed by atoms with Crippen LogP contribution in [0, 0.1) is 0 Å². The summed E-state index contributed by atoms with van der Waals surface area (Å²) in [6, 6.07) is 9.30. The number of carbonyl (C=O) groups excluding carboxylic acids is 3. The summed E-state index contributed by atoms with van der Waals surface area (Å²) in [5.74, 6) is -1.10. The van der Waals surface area contributed by atoms with Crippen molar-refractivity contribution in [2.24, 2.45) is 0 Å². The zero-order valence-electron chi connectivity index (χ0n) is 14.4.